The van der Waals surface area contributed by atoms with Crippen LogP contribution in [0, 0.1) is 0 Å². The van der Waals surface area contributed by atoms with Crippen molar-refractivity contribution in [2.45, 2.75) is 13.8 Å². The Morgan fingerprint density at radius 3 is 1.32 bits per heavy atom. The van der Waals surface area contributed by atoms with Gasteiger partial charge in [0.25, 0.3) is 11.9 Å². The van der Waals surface area contributed by atoms with Crippen molar-refractivity contribution in [3.05, 3.63) is 38.0 Å². The third-order valence-electron chi connectivity index (χ3n) is 0.744. The molecule has 19 heavy (non-hydrogen) atoms. The molecule has 112 valence electrons. The molecule has 0 spiro atoms. The predicted octanol–water partition coefficient (Wildman–Crippen LogP) is 1.26. The third-order valence-corrected chi connectivity index (χ3v) is 0.744. The molecule has 0 aliphatic heterocycles. The molecule has 6 heteroatoms. The molecule has 6 nitrogen and oxygen atoms in total. The first kappa shape index (κ1) is 25.8. The van der Waals surface area contributed by atoms with Gasteiger partial charge in [0.2, 0.25) is 0 Å². The van der Waals surface area contributed by atoms with Crippen LogP contribution in [0.3, 0.4) is 0 Å². The molecule has 0 fully saturated rings. The summed E-state index contributed by atoms with van der Waals surface area (Å²) < 4.78 is 0. The monoisotopic (exact) mass is 274 g/mol. The second-order valence-corrected chi connectivity index (χ2v) is 2.80. The van der Waals surface area contributed by atoms with Crippen LogP contribution in [-0.4, -0.2) is 41.8 Å². The standard InChI is InChI=1S/C6H11N.C3H7N.2C2H4O2/c1-3-5-7-6-4-2;1-2-3-4;2*1-2(3)4/h3-4,7H,1-2,5-6H2;2H,1,3-4H2;2*1H3,(H,3,4). The van der Waals surface area contributed by atoms with Crippen LogP contribution in [0.1, 0.15) is 13.8 Å². The summed E-state index contributed by atoms with van der Waals surface area (Å²) >= 11 is 0. The number of rotatable bonds is 5. The molecule has 0 aliphatic carbocycles. The van der Waals surface area contributed by atoms with Crippen LogP contribution >= 0.6 is 0 Å². The van der Waals surface area contributed by atoms with Crippen molar-refractivity contribution in [1.82, 2.24) is 5.32 Å². The second-order valence-electron chi connectivity index (χ2n) is 2.80. The molecule has 0 bridgehead atoms. The van der Waals surface area contributed by atoms with Crippen LogP contribution in [0.15, 0.2) is 38.0 Å². The van der Waals surface area contributed by atoms with E-state index in [-0.39, 0.29) is 0 Å². The molecule has 0 saturated carbocycles. The molecule has 0 amide bonds. The summed E-state index contributed by atoms with van der Waals surface area (Å²) in [5.74, 6) is -1.67. The highest BCUT2D eigenvalue weighted by atomic mass is 16.4. The number of carboxylic acids is 2. The van der Waals surface area contributed by atoms with E-state index >= 15 is 0 Å². The Bertz CT molecular complexity index is 213. The number of carbonyl (C=O) groups is 2. The Morgan fingerprint density at radius 2 is 1.21 bits per heavy atom. The summed E-state index contributed by atoms with van der Waals surface area (Å²) in [4.78, 5) is 18.0. The summed E-state index contributed by atoms with van der Waals surface area (Å²) in [6, 6.07) is 0. The van der Waals surface area contributed by atoms with Gasteiger partial charge in [-0.2, -0.15) is 0 Å². The van der Waals surface area contributed by atoms with Crippen molar-refractivity contribution in [3.8, 4) is 0 Å². The van der Waals surface area contributed by atoms with Crippen molar-refractivity contribution < 1.29 is 19.8 Å². The van der Waals surface area contributed by atoms with Crippen molar-refractivity contribution in [2.24, 2.45) is 5.73 Å². The number of hydrogen-bond donors (Lipinski definition) is 4. The Hall–Kier alpha value is -1.92. The van der Waals surface area contributed by atoms with E-state index in [1.54, 1.807) is 6.08 Å². The topological polar surface area (TPSA) is 113 Å². The van der Waals surface area contributed by atoms with E-state index < -0.39 is 11.9 Å². The first-order valence-corrected chi connectivity index (χ1v) is 5.42. The quantitative estimate of drug-likeness (QED) is 0.443. The molecule has 0 aromatic rings. The summed E-state index contributed by atoms with van der Waals surface area (Å²) in [6.07, 6.45) is 5.30. The minimum absolute atomic E-state index is 0.583. The van der Waals surface area contributed by atoms with Crippen LogP contribution in [0.2, 0.25) is 0 Å². The lowest BCUT2D eigenvalue weighted by atomic mass is 10.5. The molecular weight excluding hydrogens is 248 g/mol. The lowest BCUT2D eigenvalue weighted by molar-refractivity contribution is -0.135. The highest BCUT2D eigenvalue weighted by Gasteiger charge is 1.69. The van der Waals surface area contributed by atoms with Gasteiger partial charge in [0, 0.05) is 33.5 Å². The zero-order valence-corrected chi connectivity index (χ0v) is 11.8. The maximum absolute atomic E-state index is 9.00. The molecule has 0 aromatic carbocycles. The molecule has 0 saturated heterocycles. The maximum atomic E-state index is 9.00. The molecule has 5 N–H and O–H groups in total. The van der Waals surface area contributed by atoms with E-state index in [1.165, 1.54) is 0 Å². The molecule has 0 heterocycles. The fraction of sp³-hybridized carbons (Fsp3) is 0.385. The minimum Gasteiger partial charge on any atom is -0.481 e. The van der Waals surface area contributed by atoms with Gasteiger partial charge in [0.15, 0.2) is 0 Å². The van der Waals surface area contributed by atoms with E-state index in [9.17, 15) is 0 Å². The van der Waals surface area contributed by atoms with Gasteiger partial charge in [0.05, 0.1) is 0 Å². The van der Waals surface area contributed by atoms with E-state index in [2.05, 4.69) is 25.1 Å². The predicted molar refractivity (Wildman–Crippen MR) is 79.1 cm³/mol. The molecule has 0 aliphatic rings. The lowest BCUT2D eigenvalue weighted by Crippen LogP contribution is -2.11. The Balaban J connectivity index is -0.0000000825. The second kappa shape index (κ2) is 29.8. The number of hydrogen-bond acceptors (Lipinski definition) is 4. The average molecular weight is 274 g/mol. The van der Waals surface area contributed by atoms with E-state index in [4.69, 9.17) is 25.5 Å². The molecule has 0 unspecified atom stereocenters. The summed E-state index contributed by atoms with van der Waals surface area (Å²) in [7, 11) is 0. The van der Waals surface area contributed by atoms with E-state index in [1.807, 2.05) is 12.2 Å². The lowest BCUT2D eigenvalue weighted by Gasteiger charge is -1.90. The molecule has 0 aromatic heterocycles. The molecular formula is C13H26N2O4. The SMILES string of the molecule is C=CCN.C=CCNCC=C.CC(=O)O.CC(=O)O. The average Bonchev–Trinajstić information content (AvgIpc) is 2.29. The number of nitrogens with one attached hydrogen (secondary N) is 1. The summed E-state index contributed by atoms with van der Waals surface area (Å²) in [5.41, 5.74) is 4.91. The highest BCUT2D eigenvalue weighted by molar-refractivity contribution is 5.63. The van der Waals surface area contributed by atoms with Gasteiger partial charge in [0.1, 0.15) is 0 Å². The number of aliphatic carboxylic acids is 2. The van der Waals surface area contributed by atoms with Crippen molar-refractivity contribution in [2.75, 3.05) is 19.6 Å². The van der Waals surface area contributed by atoms with Gasteiger partial charge in [-0.05, 0) is 0 Å². The third kappa shape index (κ3) is 336. The largest absolute Gasteiger partial charge is 0.481 e. The van der Waals surface area contributed by atoms with Crippen LogP contribution in [0.5, 0.6) is 0 Å². The fourth-order valence-electron chi connectivity index (χ4n) is 0.287. The first-order valence-electron chi connectivity index (χ1n) is 5.42. The maximum Gasteiger partial charge on any atom is 0.300 e. The first-order chi connectivity index (χ1) is 8.79. The normalized spacial score (nSPS) is 6.89. The number of carboxylic acid groups (broad SMARTS) is 2. The van der Waals surface area contributed by atoms with E-state index in [0.29, 0.717) is 6.54 Å². The van der Waals surface area contributed by atoms with Gasteiger partial charge in [-0.15, -0.1) is 19.7 Å². The van der Waals surface area contributed by atoms with Crippen LogP contribution in [0.25, 0.3) is 0 Å². The van der Waals surface area contributed by atoms with Crippen molar-refractivity contribution in [3.63, 3.8) is 0 Å². The Morgan fingerprint density at radius 1 is 1.00 bits per heavy atom. The number of nitrogens with two attached hydrogens (primary N) is 1. The van der Waals surface area contributed by atoms with Gasteiger partial charge in [-0.25, -0.2) is 0 Å². The summed E-state index contributed by atoms with van der Waals surface area (Å²) in [6.45, 7) is 14.9. The van der Waals surface area contributed by atoms with Crippen LogP contribution in [-0.2, 0) is 9.59 Å². The van der Waals surface area contributed by atoms with Crippen molar-refractivity contribution in [1.29, 1.82) is 0 Å². The van der Waals surface area contributed by atoms with Crippen LogP contribution in [0.4, 0.5) is 0 Å². The van der Waals surface area contributed by atoms with Crippen molar-refractivity contribution >= 4 is 11.9 Å². The molecule has 0 atom stereocenters. The van der Waals surface area contributed by atoms with Gasteiger partial charge in [-0.1, -0.05) is 18.2 Å². The minimum atomic E-state index is -0.833. The molecule has 0 radical (unpaired) electrons. The van der Waals surface area contributed by atoms with Gasteiger partial charge < -0.3 is 21.3 Å². The summed E-state index contributed by atoms with van der Waals surface area (Å²) in [5, 5.41) is 17.9. The smallest absolute Gasteiger partial charge is 0.300 e. The zero-order valence-electron chi connectivity index (χ0n) is 11.8. The highest BCUT2D eigenvalue weighted by Crippen LogP contribution is 1.59. The Kier molecular flexibility index (Phi) is 40.5. The Labute approximate surface area is 115 Å². The molecule has 0 rings (SSSR count). The zero-order chi connectivity index (χ0) is 16.1. The fourth-order valence-corrected chi connectivity index (χ4v) is 0.287. The van der Waals surface area contributed by atoms with Gasteiger partial charge >= 0.3 is 0 Å². The van der Waals surface area contributed by atoms with Gasteiger partial charge in [-0.3, -0.25) is 9.59 Å². The van der Waals surface area contributed by atoms with E-state index in [0.717, 1.165) is 26.9 Å². The van der Waals surface area contributed by atoms with Crippen LogP contribution < -0.4 is 11.1 Å².